The number of fused-ring (bicyclic) bond motifs is 1. The van der Waals surface area contributed by atoms with Crippen molar-refractivity contribution in [2.45, 2.75) is 31.7 Å². The van der Waals surface area contributed by atoms with Gasteiger partial charge >= 0.3 is 0 Å². The second-order valence-corrected chi connectivity index (χ2v) is 5.65. The average molecular weight is 237 g/mol. The van der Waals surface area contributed by atoms with Crippen LogP contribution in [0.2, 0.25) is 0 Å². The molecule has 1 aliphatic rings. The van der Waals surface area contributed by atoms with E-state index in [1.54, 1.807) is 0 Å². The molecule has 1 heteroatoms. The number of aryl methyl sites for hydroxylation is 1. The third-order valence-electron chi connectivity index (χ3n) is 3.88. The highest BCUT2D eigenvalue weighted by molar-refractivity contribution is 5.37. The maximum absolute atomic E-state index is 6.58. The zero-order valence-electron chi connectivity index (χ0n) is 10.8. The van der Waals surface area contributed by atoms with Gasteiger partial charge in [0.2, 0.25) is 0 Å². The van der Waals surface area contributed by atoms with E-state index < -0.39 is 0 Å². The first-order valence-electron chi connectivity index (χ1n) is 6.56. The zero-order valence-corrected chi connectivity index (χ0v) is 10.8. The van der Waals surface area contributed by atoms with Crippen molar-refractivity contribution in [3.8, 4) is 0 Å². The Morgan fingerprint density at radius 1 is 0.944 bits per heavy atom. The molecule has 2 N–H and O–H groups in total. The molecule has 2 aromatic rings. The van der Waals surface area contributed by atoms with Crippen molar-refractivity contribution >= 4 is 0 Å². The molecule has 0 unspecified atom stereocenters. The second kappa shape index (κ2) is 4.25. The van der Waals surface area contributed by atoms with Crippen LogP contribution in [0.15, 0.2) is 48.5 Å². The minimum atomic E-state index is -0.0983. The Kier molecular flexibility index (Phi) is 2.71. The quantitative estimate of drug-likeness (QED) is 0.853. The topological polar surface area (TPSA) is 26.0 Å². The Labute approximate surface area is 109 Å². The number of nitrogens with two attached hydrogens (primary N) is 1. The molecule has 2 aromatic carbocycles. The van der Waals surface area contributed by atoms with Gasteiger partial charge in [0.1, 0.15) is 0 Å². The van der Waals surface area contributed by atoms with Gasteiger partial charge in [0.25, 0.3) is 0 Å². The van der Waals surface area contributed by atoms with E-state index in [0.29, 0.717) is 0 Å². The lowest BCUT2D eigenvalue weighted by Gasteiger charge is -2.23. The Morgan fingerprint density at radius 3 is 2.06 bits per heavy atom. The summed E-state index contributed by atoms with van der Waals surface area (Å²) in [6.45, 7) is 2.12. The molecule has 1 nitrogen and oxygen atoms in total. The molecule has 0 saturated carbocycles. The maximum Gasteiger partial charge on any atom is 0.0276 e. The lowest BCUT2D eigenvalue weighted by atomic mass is 9.89. The maximum atomic E-state index is 6.58. The van der Waals surface area contributed by atoms with Crippen LogP contribution >= 0.6 is 0 Å². The zero-order chi connectivity index (χ0) is 12.6. The minimum absolute atomic E-state index is 0.0983. The number of benzene rings is 2. The first-order valence-corrected chi connectivity index (χ1v) is 6.56. The van der Waals surface area contributed by atoms with Crippen LogP contribution in [0.5, 0.6) is 0 Å². The highest BCUT2D eigenvalue weighted by Crippen LogP contribution is 2.30. The summed E-state index contributed by atoms with van der Waals surface area (Å²) in [5, 5.41) is 0. The predicted molar refractivity (Wildman–Crippen MR) is 75.7 cm³/mol. The van der Waals surface area contributed by atoms with Crippen LogP contribution in [-0.4, -0.2) is 5.54 Å². The van der Waals surface area contributed by atoms with Crippen molar-refractivity contribution in [2.24, 2.45) is 5.73 Å². The van der Waals surface area contributed by atoms with E-state index in [4.69, 9.17) is 5.73 Å². The standard InChI is InChI=1S/C17H19N/c1-13-6-8-14(9-7-13)10-17(18)11-15-4-2-3-5-16(15)12-17/h2-9H,10-12,18H2,1H3. The summed E-state index contributed by atoms with van der Waals surface area (Å²) in [4.78, 5) is 0. The van der Waals surface area contributed by atoms with Crippen LogP contribution in [0.4, 0.5) is 0 Å². The van der Waals surface area contributed by atoms with Crippen molar-refractivity contribution in [2.75, 3.05) is 0 Å². The van der Waals surface area contributed by atoms with Gasteiger partial charge in [-0.1, -0.05) is 54.1 Å². The highest BCUT2D eigenvalue weighted by Gasteiger charge is 2.33. The van der Waals surface area contributed by atoms with E-state index in [-0.39, 0.29) is 5.54 Å². The van der Waals surface area contributed by atoms with E-state index in [0.717, 1.165) is 19.3 Å². The van der Waals surface area contributed by atoms with Crippen LogP contribution in [-0.2, 0) is 19.3 Å². The summed E-state index contributed by atoms with van der Waals surface area (Å²) in [6.07, 6.45) is 2.95. The normalized spacial score (nSPS) is 16.6. The molecule has 0 aliphatic heterocycles. The van der Waals surface area contributed by atoms with Gasteiger partial charge in [-0.25, -0.2) is 0 Å². The molecule has 0 amide bonds. The number of rotatable bonds is 2. The van der Waals surface area contributed by atoms with Gasteiger partial charge in [-0.05, 0) is 42.9 Å². The minimum Gasteiger partial charge on any atom is -0.324 e. The van der Waals surface area contributed by atoms with E-state index >= 15 is 0 Å². The van der Waals surface area contributed by atoms with Crippen LogP contribution in [0, 0.1) is 6.92 Å². The molecule has 0 fully saturated rings. The molecule has 0 saturated heterocycles. The van der Waals surface area contributed by atoms with Crippen LogP contribution in [0.25, 0.3) is 0 Å². The van der Waals surface area contributed by atoms with Gasteiger partial charge in [-0.3, -0.25) is 0 Å². The predicted octanol–water partition coefficient (Wildman–Crippen LogP) is 3.03. The van der Waals surface area contributed by atoms with Crippen LogP contribution in [0.1, 0.15) is 22.3 Å². The summed E-state index contributed by atoms with van der Waals surface area (Å²) in [7, 11) is 0. The van der Waals surface area contributed by atoms with Gasteiger partial charge < -0.3 is 5.73 Å². The van der Waals surface area contributed by atoms with Crippen LogP contribution < -0.4 is 5.73 Å². The summed E-state index contributed by atoms with van der Waals surface area (Å²) in [6, 6.07) is 17.4. The van der Waals surface area contributed by atoms with Gasteiger partial charge in [-0.2, -0.15) is 0 Å². The smallest absolute Gasteiger partial charge is 0.0276 e. The number of hydrogen-bond donors (Lipinski definition) is 1. The molecule has 1 aliphatic carbocycles. The van der Waals surface area contributed by atoms with E-state index in [2.05, 4.69) is 55.5 Å². The molecule has 3 rings (SSSR count). The fraction of sp³-hybridized carbons (Fsp3) is 0.294. The Morgan fingerprint density at radius 2 is 1.50 bits per heavy atom. The first-order chi connectivity index (χ1) is 8.65. The van der Waals surface area contributed by atoms with Crippen molar-refractivity contribution in [1.82, 2.24) is 0 Å². The third kappa shape index (κ3) is 2.19. The summed E-state index contributed by atoms with van der Waals surface area (Å²) in [5.41, 5.74) is 12.0. The van der Waals surface area contributed by atoms with E-state index in [9.17, 15) is 0 Å². The van der Waals surface area contributed by atoms with E-state index in [1.807, 2.05) is 0 Å². The van der Waals surface area contributed by atoms with E-state index in [1.165, 1.54) is 22.3 Å². The Balaban J connectivity index is 1.80. The number of hydrogen-bond acceptors (Lipinski definition) is 1. The lowest BCUT2D eigenvalue weighted by Crippen LogP contribution is -2.42. The molecule has 92 valence electrons. The summed E-state index contributed by atoms with van der Waals surface area (Å²) in [5.74, 6) is 0. The molecular formula is C17H19N. The first kappa shape index (κ1) is 11.5. The van der Waals surface area contributed by atoms with Gasteiger partial charge in [-0.15, -0.1) is 0 Å². The fourth-order valence-electron chi connectivity index (χ4n) is 2.96. The van der Waals surface area contributed by atoms with Crippen molar-refractivity contribution in [3.63, 3.8) is 0 Å². The molecule has 0 aromatic heterocycles. The van der Waals surface area contributed by atoms with Crippen molar-refractivity contribution in [3.05, 3.63) is 70.8 Å². The third-order valence-corrected chi connectivity index (χ3v) is 3.88. The van der Waals surface area contributed by atoms with Gasteiger partial charge in [0.05, 0.1) is 0 Å². The molecule has 18 heavy (non-hydrogen) atoms. The van der Waals surface area contributed by atoms with Crippen molar-refractivity contribution in [1.29, 1.82) is 0 Å². The average Bonchev–Trinajstić information content (AvgIpc) is 2.68. The molecule has 0 bridgehead atoms. The fourth-order valence-corrected chi connectivity index (χ4v) is 2.96. The molecular weight excluding hydrogens is 218 g/mol. The summed E-state index contributed by atoms with van der Waals surface area (Å²) < 4.78 is 0. The lowest BCUT2D eigenvalue weighted by molar-refractivity contribution is 0.446. The van der Waals surface area contributed by atoms with Crippen LogP contribution in [0.3, 0.4) is 0 Å². The second-order valence-electron chi connectivity index (χ2n) is 5.65. The Hall–Kier alpha value is -1.60. The molecule has 0 spiro atoms. The molecule has 0 radical (unpaired) electrons. The monoisotopic (exact) mass is 237 g/mol. The molecule has 0 atom stereocenters. The Bertz CT molecular complexity index is 529. The summed E-state index contributed by atoms with van der Waals surface area (Å²) >= 11 is 0. The van der Waals surface area contributed by atoms with Crippen molar-refractivity contribution < 1.29 is 0 Å². The highest BCUT2D eigenvalue weighted by atomic mass is 14.7. The molecule has 0 heterocycles. The SMILES string of the molecule is Cc1ccc(CC2(N)Cc3ccccc3C2)cc1. The largest absolute Gasteiger partial charge is 0.324 e. The van der Waals surface area contributed by atoms with Gasteiger partial charge in [0.15, 0.2) is 0 Å². The van der Waals surface area contributed by atoms with Gasteiger partial charge in [0, 0.05) is 5.54 Å².